The van der Waals surface area contributed by atoms with Gasteiger partial charge in [-0.25, -0.2) is 0 Å². The number of anilines is 1. The molecule has 3 aromatic rings. The van der Waals surface area contributed by atoms with Crippen LogP contribution in [0, 0.1) is 18.3 Å². The predicted octanol–water partition coefficient (Wildman–Crippen LogP) is 5.48. The van der Waals surface area contributed by atoms with Gasteiger partial charge in [-0.2, -0.15) is 5.26 Å². The normalized spacial score (nSPS) is 18.3. The molecule has 2 aromatic carbocycles. The number of halogens is 1. The van der Waals surface area contributed by atoms with E-state index >= 15 is 0 Å². The van der Waals surface area contributed by atoms with Gasteiger partial charge in [-0.1, -0.05) is 12.1 Å². The van der Waals surface area contributed by atoms with Crippen molar-refractivity contribution in [2.45, 2.75) is 45.3 Å². The van der Waals surface area contributed by atoms with Crippen molar-refractivity contribution in [3.8, 4) is 11.8 Å². The van der Waals surface area contributed by atoms with Crippen LogP contribution in [0.5, 0.6) is 5.75 Å². The quantitative estimate of drug-likeness (QED) is 0.485. The van der Waals surface area contributed by atoms with Crippen LogP contribution < -0.4 is 9.64 Å². The fourth-order valence-corrected chi connectivity index (χ4v) is 5.09. The molecular formula is C27H31ClN4O. The van der Waals surface area contributed by atoms with Crippen molar-refractivity contribution in [2.24, 2.45) is 0 Å². The second-order valence-electron chi connectivity index (χ2n) is 9.06. The van der Waals surface area contributed by atoms with Gasteiger partial charge in [0, 0.05) is 42.0 Å². The van der Waals surface area contributed by atoms with Gasteiger partial charge in [0.25, 0.3) is 0 Å². The molecule has 0 N–H and O–H groups in total. The van der Waals surface area contributed by atoms with Crippen LogP contribution in [0.15, 0.2) is 48.5 Å². The number of ether oxygens (including phenoxy) is 1. The van der Waals surface area contributed by atoms with E-state index in [1.807, 2.05) is 24.3 Å². The molecule has 1 aromatic heterocycles. The number of hydrogen-bond donors (Lipinski definition) is 0. The number of aromatic nitrogens is 1. The summed E-state index contributed by atoms with van der Waals surface area (Å²) in [6.45, 7) is 7.35. The number of rotatable bonds is 6. The van der Waals surface area contributed by atoms with E-state index in [4.69, 9.17) is 15.0 Å². The zero-order chi connectivity index (χ0) is 21.9. The molecule has 0 aliphatic carbocycles. The summed E-state index contributed by atoms with van der Waals surface area (Å²) in [6.07, 6.45) is 5.21. The molecule has 2 aliphatic rings. The second kappa shape index (κ2) is 10.4. The molecule has 0 spiro atoms. The van der Waals surface area contributed by atoms with Gasteiger partial charge in [0.05, 0.1) is 17.1 Å². The third kappa shape index (κ3) is 5.24. The summed E-state index contributed by atoms with van der Waals surface area (Å²) in [4.78, 5) is 10.1. The van der Waals surface area contributed by atoms with Crippen LogP contribution in [0.4, 0.5) is 5.69 Å². The molecule has 1 unspecified atom stereocenters. The van der Waals surface area contributed by atoms with Crippen LogP contribution in [-0.2, 0) is 6.61 Å². The molecule has 0 amide bonds. The van der Waals surface area contributed by atoms with E-state index in [2.05, 4.69) is 47.1 Å². The lowest BCUT2D eigenvalue weighted by Gasteiger charge is -2.31. The van der Waals surface area contributed by atoms with Gasteiger partial charge in [0.15, 0.2) is 0 Å². The summed E-state index contributed by atoms with van der Waals surface area (Å²) >= 11 is 0. The zero-order valence-corrected chi connectivity index (χ0v) is 20.0. The van der Waals surface area contributed by atoms with Crippen LogP contribution in [0.25, 0.3) is 10.9 Å². The Hall–Kier alpha value is -2.81. The number of fused-ring (bicyclic) bond motifs is 1. The highest BCUT2D eigenvalue weighted by molar-refractivity contribution is 5.93. The van der Waals surface area contributed by atoms with Crippen molar-refractivity contribution >= 4 is 29.0 Å². The van der Waals surface area contributed by atoms with Gasteiger partial charge in [-0.15, -0.1) is 12.4 Å². The molecule has 2 fully saturated rings. The molecule has 1 atom stereocenters. The molecule has 172 valence electrons. The van der Waals surface area contributed by atoms with Crippen molar-refractivity contribution in [1.82, 2.24) is 9.88 Å². The lowest BCUT2D eigenvalue weighted by Crippen LogP contribution is -2.39. The largest absolute Gasteiger partial charge is 0.489 e. The highest BCUT2D eigenvalue weighted by Crippen LogP contribution is 2.34. The molecule has 3 heterocycles. The molecular weight excluding hydrogens is 432 g/mol. The van der Waals surface area contributed by atoms with Crippen LogP contribution in [0.3, 0.4) is 0 Å². The Morgan fingerprint density at radius 1 is 1.03 bits per heavy atom. The highest BCUT2D eigenvalue weighted by atomic mass is 35.5. The smallest absolute Gasteiger partial charge is 0.122 e. The Labute approximate surface area is 202 Å². The van der Waals surface area contributed by atoms with E-state index < -0.39 is 0 Å². The zero-order valence-electron chi connectivity index (χ0n) is 19.2. The van der Waals surface area contributed by atoms with E-state index in [9.17, 15) is 0 Å². The third-order valence-corrected chi connectivity index (χ3v) is 6.73. The topological polar surface area (TPSA) is 52.4 Å². The average molecular weight is 463 g/mol. The molecule has 2 saturated heterocycles. The molecule has 0 radical (unpaired) electrons. The Kier molecular flexibility index (Phi) is 7.37. The predicted molar refractivity (Wildman–Crippen MR) is 135 cm³/mol. The van der Waals surface area contributed by atoms with Crippen molar-refractivity contribution in [1.29, 1.82) is 5.26 Å². The van der Waals surface area contributed by atoms with Gasteiger partial charge >= 0.3 is 0 Å². The number of likely N-dealkylation sites (tertiary alicyclic amines) is 1. The lowest BCUT2D eigenvalue weighted by molar-refractivity contribution is 0.306. The first-order valence-corrected chi connectivity index (χ1v) is 11.7. The standard InChI is InChI=1S/C27H30N4O.ClH/c1-20-15-27(31-14-4-5-23(31)18-30-12-2-3-13-30)25-11-10-24(16-26(25)29-20)32-19-22-8-6-21(17-28)7-9-22;/h6-11,15-16,23H,2-5,12-14,18-19H2,1H3;1H. The first-order valence-electron chi connectivity index (χ1n) is 11.7. The summed E-state index contributed by atoms with van der Waals surface area (Å²) < 4.78 is 6.05. The summed E-state index contributed by atoms with van der Waals surface area (Å²) in [6, 6.07) is 18.8. The van der Waals surface area contributed by atoms with Gasteiger partial charge < -0.3 is 14.5 Å². The molecule has 6 heteroatoms. The second-order valence-corrected chi connectivity index (χ2v) is 9.06. The summed E-state index contributed by atoms with van der Waals surface area (Å²) in [5.74, 6) is 0.820. The Bertz CT molecular complexity index is 1140. The number of aryl methyl sites for hydroxylation is 1. The van der Waals surface area contributed by atoms with Gasteiger partial charge in [-0.05, 0) is 81.6 Å². The minimum atomic E-state index is 0. The maximum absolute atomic E-state index is 8.95. The van der Waals surface area contributed by atoms with E-state index in [0.29, 0.717) is 18.2 Å². The van der Waals surface area contributed by atoms with Crippen molar-refractivity contribution in [3.63, 3.8) is 0 Å². The minimum absolute atomic E-state index is 0. The maximum atomic E-state index is 8.95. The van der Waals surface area contributed by atoms with E-state index in [1.165, 1.54) is 56.4 Å². The van der Waals surface area contributed by atoms with Crippen molar-refractivity contribution in [2.75, 3.05) is 31.1 Å². The number of hydrogen-bond acceptors (Lipinski definition) is 5. The van der Waals surface area contributed by atoms with Gasteiger partial charge in [0.1, 0.15) is 12.4 Å². The van der Waals surface area contributed by atoms with Crippen LogP contribution in [0.1, 0.15) is 42.5 Å². The molecule has 5 nitrogen and oxygen atoms in total. The maximum Gasteiger partial charge on any atom is 0.122 e. The monoisotopic (exact) mass is 462 g/mol. The van der Waals surface area contributed by atoms with E-state index in [1.54, 1.807) is 0 Å². The first kappa shape index (κ1) is 23.4. The molecule has 5 rings (SSSR count). The number of pyridine rings is 1. The number of nitrogens with zero attached hydrogens (tertiary/aromatic N) is 4. The summed E-state index contributed by atoms with van der Waals surface area (Å²) in [5.41, 5.74) is 5.06. The highest BCUT2D eigenvalue weighted by Gasteiger charge is 2.29. The third-order valence-electron chi connectivity index (χ3n) is 6.73. The fourth-order valence-electron chi connectivity index (χ4n) is 5.09. The van der Waals surface area contributed by atoms with Crippen LogP contribution >= 0.6 is 12.4 Å². The number of nitriles is 1. The number of benzene rings is 2. The van der Waals surface area contributed by atoms with Crippen LogP contribution in [0.2, 0.25) is 0 Å². The summed E-state index contributed by atoms with van der Waals surface area (Å²) in [7, 11) is 0. The molecule has 33 heavy (non-hydrogen) atoms. The Morgan fingerprint density at radius 2 is 1.82 bits per heavy atom. The Balaban J connectivity index is 0.00000259. The van der Waals surface area contributed by atoms with Crippen molar-refractivity contribution < 1.29 is 4.74 Å². The Morgan fingerprint density at radius 3 is 2.58 bits per heavy atom. The fraction of sp³-hybridized carbons (Fsp3) is 0.407. The van der Waals surface area contributed by atoms with E-state index in [0.717, 1.165) is 29.1 Å². The summed E-state index contributed by atoms with van der Waals surface area (Å²) in [5, 5.41) is 10.2. The molecule has 0 saturated carbocycles. The SMILES string of the molecule is Cc1cc(N2CCCC2CN2CCCC2)c2ccc(OCc3ccc(C#N)cc3)cc2n1.Cl. The first-order chi connectivity index (χ1) is 15.7. The van der Waals surface area contributed by atoms with Gasteiger partial charge in [-0.3, -0.25) is 4.98 Å². The van der Waals surface area contributed by atoms with Crippen LogP contribution in [-0.4, -0.2) is 42.1 Å². The molecule has 2 aliphatic heterocycles. The van der Waals surface area contributed by atoms with Gasteiger partial charge in [0.2, 0.25) is 0 Å². The average Bonchev–Trinajstić information content (AvgIpc) is 3.50. The van der Waals surface area contributed by atoms with Crippen molar-refractivity contribution in [3.05, 3.63) is 65.4 Å². The lowest BCUT2D eigenvalue weighted by atomic mass is 10.1. The van der Waals surface area contributed by atoms with E-state index in [-0.39, 0.29) is 12.4 Å². The molecule has 0 bridgehead atoms. The minimum Gasteiger partial charge on any atom is -0.489 e.